The molecule has 64 valence electrons. The van der Waals surface area contributed by atoms with Crippen molar-refractivity contribution < 1.29 is 14.6 Å². The Kier molecular flexibility index (Phi) is 5.86. The van der Waals surface area contributed by atoms with Gasteiger partial charge in [0.25, 0.3) is 0 Å². The van der Waals surface area contributed by atoms with Gasteiger partial charge in [-0.1, -0.05) is 5.92 Å². The van der Waals surface area contributed by atoms with Gasteiger partial charge in [-0.05, 0) is 13.8 Å². The molecule has 0 aliphatic heterocycles. The monoisotopic (exact) mass is 158 g/mol. The van der Waals surface area contributed by atoms with Crippen LogP contribution in [0.4, 0.5) is 0 Å². The first-order valence-corrected chi connectivity index (χ1v) is 3.58. The lowest BCUT2D eigenvalue weighted by atomic mass is 10.4. The van der Waals surface area contributed by atoms with Crippen LogP contribution in [0.15, 0.2) is 0 Å². The molecule has 3 nitrogen and oxygen atoms in total. The number of aliphatic hydroxyl groups excluding tert-OH is 1. The maximum Gasteiger partial charge on any atom is 0.156 e. The SMILES string of the molecule is C#CC(CO)OC(C)OCC. The van der Waals surface area contributed by atoms with Crippen LogP contribution in [0.25, 0.3) is 0 Å². The fourth-order valence-corrected chi connectivity index (χ4v) is 0.640. The highest BCUT2D eigenvalue weighted by Gasteiger charge is 2.08. The highest BCUT2D eigenvalue weighted by molar-refractivity contribution is 4.94. The van der Waals surface area contributed by atoms with Crippen LogP contribution in [-0.4, -0.2) is 30.7 Å². The molecule has 0 spiro atoms. The second-order valence-electron chi connectivity index (χ2n) is 2.00. The Bertz CT molecular complexity index is 128. The third-order valence-electron chi connectivity index (χ3n) is 1.11. The van der Waals surface area contributed by atoms with Crippen molar-refractivity contribution in [2.24, 2.45) is 0 Å². The smallest absolute Gasteiger partial charge is 0.156 e. The molecule has 0 heterocycles. The van der Waals surface area contributed by atoms with E-state index in [0.717, 1.165) is 0 Å². The van der Waals surface area contributed by atoms with E-state index in [4.69, 9.17) is 21.0 Å². The van der Waals surface area contributed by atoms with Gasteiger partial charge < -0.3 is 14.6 Å². The number of hydrogen-bond acceptors (Lipinski definition) is 3. The zero-order valence-corrected chi connectivity index (χ0v) is 6.91. The Morgan fingerprint density at radius 3 is 2.64 bits per heavy atom. The maximum absolute atomic E-state index is 8.62. The number of rotatable bonds is 5. The zero-order valence-electron chi connectivity index (χ0n) is 6.91. The summed E-state index contributed by atoms with van der Waals surface area (Å²) in [6, 6.07) is 0. The van der Waals surface area contributed by atoms with Crippen LogP contribution in [-0.2, 0) is 9.47 Å². The third kappa shape index (κ3) is 4.79. The molecule has 2 atom stereocenters. The molecular weight excluding hydrogens is 144 g/mol. The van der Waals surface area contributed by atoms with Gasteiger partial charge in [0.2, 0.25) is 0 Å². The lowest BCUT2D eigenvalue weighted by molar-refractivity contribution is -0.150. The molecule has 0 saturated carbocycles. The molecule has 3 heteroatoms. The first-order valence-electron chi connectivity index (χ1n) is 3.58. The van der Waals surface area contributed by atoms with Gasteiger partial charge in [0.1, 0.15) is 6.10 Å². The molecular formula is C8H14O3. The molecule has 0 aromatic heterocycles. The molecule has 0 saturated heterocycles. The van der Waals surface area contributed by atoms with Crippen LogP contribution < -0.4 is 0 Å². The van der Waals surface area contributed by atoms with Gasteiger partial charge in [-0.15, -0.1) is 6.42 Å². The molecule has 2 unspecified atom stereocenters. The molecule has 0 rings (SSSR count). The van der Waals surface area contributed by atoms with E-state index in [1.165, 1.54) is 0 Å². The van der Waals surface area contributed by atoms with Crippen LogP contribution in [0.3, 0.4) is 0 Å². The summed E-state index contributed by atoms with van der Waals surface area (Å²) in [6.07, 6.45) is 4.12. The molecule has 0 bridgehead atoms. The minimum Gasteiger partial charge on any atom is -0.393 e. The molecule has 11 heavy (non-hydrogen) atoms. The van der Waals surface area contributed by atoms with Crippen molar-refractivity contribution in [3.05, 3.63) is 0 Å². The van der Waals surface area contributed by atoms with Crippen LogP contribution in [0.1, 0.15) is 13.8 Å². The largest absolute Gasteiger partial charge is 0.393 e. The first kappa shape index (κ1) is 10.4. The Hall–Kier alpha value is -0.560. The third-order valence-corrected chi connectivity index (χ3v) is 1.11. The van der Waals surface area contributed by atoms with Gasteiger partial charge in [-0.2, -0.15) is 0 Å². The van der Waals surface area contributed by atoms with Crippen LogP contribution in [0.5, 0.6) is 0 Å². The molecule has 0 aromatic carbocycles. The van der Waals surface area contributed by atoms with Gasteiger partial charge in [0, 0.05) is 6.61 Å². The van der Waals surface area contributed by atoms with Crippen LogP contribution in [0, 0.1) is 12.3 Å². The molecule has 0 aliphatic carbocycles. The van der Waals surface area contributed by atoms with Crippen molar-refractivity contribution in [1.29, 1.82) is 0 Å². The van der Waals surface area contributed by atoms with Crippen molar-refractivity contribution in [1.82, 2.24) is 0 Å². The predicted octanol–water partition coefficient (Wildman–Crippen LogP) is 0.380. The number of aliphatic hydroxyl groups is 1. The van der Waals surface area contributed by atoms with Gasteiger partial charge in [-0.25, -0.2) is 0 Å². The van der Waals surface area contributed by atoms with Crippen LogP contribution in [0.2, 0.25) is 0 Å². The maximum atomic E-state index is 8.62. The number of terminal acetylenes is 1. The van der Waals surface area contributed by atoms with E-state index in [1.807, 2.05) is 6.92 Å². The zero-order chi connectivity index (χ0) is 8.69. The molecule has 0 amide bonds. The molecule has 0 aromatic rings. The minimum absolute atomic E-state index is 0.173. The molecule has 0 aliphatic rings. The summed E-state index contributed by atoms with van der Waals surface area (Å²) in [6.45, 7) is 4.00. The van der Waals surface area contributed by atoms with Crippen LogP contribution >= 0.6 is 0 Å². The van der Waals surface area contributed by atoms with E-state index in [-0.39, 0.29) is 12.9 Å². The van der Waals surface area contributed by atoms with Gasteiger partial charge in [0.05, 0.1) is 6.61 Å². The first-order chi connectivity index (χ1) is 5.24. The van der Waals surface area contributed by atoms with E-state index in [2.05, 4.69) is 5.92 Å². The summed E-state index contributed by atoms with van der Waals surface area (Å²) in [5.74, 6) is 2.29. The van der Waals surface area contributed by atoms with E-state index in [1.54, 1.807) is 6.92 Å². The number of hydrogen-bond donors (Lipinski definition) is 1. The predicted molar refractivity (Wildman–Crippen MR) is 41.9 cm³/mol. The van der Waals surface area contributed by atoms with E-state index in [0.29, 0.717) is 6.61 Å². The molecule has 0 radical (unpaired) electrons. The summed E-state index contributed by atoms with van der Waals surface area (Å²) in [7, 11) is 0. The van der Waals surface area contributed by atoms with Gasteiger partial charge in [-0.3, -0.25) is 0 Å². The van der Waals surface area contributed by atoms with E-state index in [9.17, 15) is 0 Å². The topological polar surface area (TPSA) is 38.7 Å². The highest BCUT2D eigenvalue weighted by atomic mass is 16.7. The lowest BCUT2D eigenvalue weighted by Crippen LogP contribution is -2.23. The summed E-state index contributed by atoms with van der Waals surface area (Å²) in [5.41, 5.74) is 0. The Labute approximate surface area is 67.3 Å². The molecule has 0 fully saturated rings. The second-order valence-corrected chi connectivity index (χ2v) is 2.00. The van der Waals surface area contributed by atoms with Crippen molar-refractivity contribution in [3.63, 3.8) is 0 Å². The van der Waals surface area contributed by atoms with Crippen molar-refractivity contribution in [3.8, 4) is 12.3 Å². The standard InChI is InChI=1S/C8H14O3/c1-4-8(6-9)11-7(3)10-5-2/h1,7-9H,5-6H2,2-3H3. The van der Waals surface area contributed by atoms with Crippen molar-refractivity contribution in [2.75, 3.05) is 13.2 Å². The number of ether oxygens (including phenoxy) is 2. The average molecular weight is 158 g/mol. The minimum atomic E-state index is -0.559. The summed E-state index contributed by atoms with van der Waals surface area (Å²) < 4.78 is 10.1. The van der Waals surface area contributed by atoms with E-state index < -0.39 is 6.10 Å². The summed E-state index contributed by atoms with van der Waals surface area (Å²) in [5, 5.41) is 8.62. The van der Waals surface area contributed by atoms with Crippen molar-refractivity contribution in [2.45, 2.75) is 26.2 Å². The average Bonchev–Trinajstić information content (AvgIpc) is 2.01. The molecule has 1 N–H and O–H groups in total. The second kappa shape index (κ2) is 6.17. The Balaban J connectivity index is 3.55. The Morgan fingerprint density at radius 2 is 2.27 bits per heavy atom. The van der Waals surface area contributed by atoms with Gasteiger partial charge in [0.15, 0.2) is 6.29 Å². The van der Waals surface area contributed by atoms with Crippen molar-refractivity contribution >= 4 is 0 Å². The van der Waals surface area contributed by atoms with Gasteiger partial charge >= 0.3 is 0 Å². The highest BCUT2D eigenvalue weighted by Crippen LogP contribution is 1.98. The Morgan fingerprint density at radius 1 is 1.64 bits per heavy atom. The summed E-state index contributed by atoms with van der Waals surface area (Å²) in [4.78, 5) is 0. The lowest BCUT2D eigenvalue weighted by Gasteiger charge is -2.15. The van der Waals surface area contributed by atoms with E-state index >= 15 is 0 Å². The quantitative estimate of drug-likeness (QED) is 0.464. The summed E-state index contributed by atoms with van der Waals surface area (Å²) >= 11 is 0. The fraction of sp³-hybridized carbons (Fsp3) is 0.750. The fourth-order valence-electron chi connectivity index (χ4n) is 0.640. The normalized spacial score (nSPS) is 15.5.